The van der Waals surface area contributed by atoms with Gasteiger partial charge < -0.3 is 20.1 Å². The van der Waals surface area contributed by atoms with Gasteiger partial charge in [-0.25, -0.2) is 0 Å². The lowest BCUT2D eigenvalue weighted by Crippen LogP contribution is -2.34. The van der Waals surface area contributed by atoms with Gasteiger partial charge >= 0.3 is 0 Å². The molecule has 2 aromatic rings. The van der Waals surface area contributed by atoms with Crippen molar-refractivity contribution in [3.8, 4) is 0 Å². The summed E-state index contributed by atoms with van der Waals surface area (Å²) in [6.07, 6.45) is 4.06. The van der Waals surface area contributed by atoms with Gasteiger partial charge in [0.2, 0.25) is 11.8 Å². The van der Waals surface area contributed by atoms with Crippen LogP contribution in [0.1, 0.15) is 18.4 Å². The minimum Gasteiger partial charge on any atom is -0.361 e. The van der Waals surface area contributed by atoms with Gasteiger partial charge in [-0.3, -0.25) is 9.59 Å². The Hall–Kier alpha value is -2.34. The van der Waals surface area contributed by atoms with E-state index in [1.54, 1.807) is 0 Å². The summed E-state index contributed by atoms with van der Waals surface area (Å²) in [6, 6.07) is 8.16. The van der Waals surface area contributed by atoms with Crippen molar-refractivity contribution in [2.24, 2.45) is 5.92 Å². The monoisotopic (exact) mass is 356 g/mol. The van der Waals surface area contributed by atoms with Gasteiger partial charge in [0.1, 0.15) is 0 Å². The summed E-state index contributed by atoms with van der Waals surface area (Å²) < 4.78 is 0. The van der Waals surface area contributed by atoms with Crippen LogP contribution in [0.25, 0.3) is 10.9 Å². The summed E-state index contributed by atoms with van der Waals surface area (Å²) in [5.41, 5.74) is 2.32. The molecule has 2 amide bonds. The third kappa shape index (κ3) is 4.43. The van der Waals surface area contributed by atoms with Crippen molar-refractivity contribution in [2.75, 3.05) is 40.3 Å². The van der Waals surface area contributed by atoms with Gasteiger partial charge in [0, 0.05) is 43.2 Å². The van der Waals surface area contributed by atoms with Crippen molar-refractivity contribution in [3.63, 3.8) is 0 Å². The predicted octanol–water partition coefficient (Wildman–Crippen LogP) is 1.63. The van der Waals surface area contributed by atoms with Crippen molar-refractivity contribution >= 4 is 22.7 Å². The highest BCUT2D eigenvalue weighted by Crippen LogP contribution is 2.19. The molecule has 3 rings (SSSR count). The summed E-state index contributed by atoms with van der Waals surface area (Å²) in [4.78, 5) is 31.7. The number of carbonyl (C=O) groups excluding carboxylic acids is 2. The minimum atomic E-state index is -0.218. The molecular formula is C20H28N4O2. The highest BCUT2D eigenvalue weighted by molar-refractivity contribution is 5.89. The highest BCUT2D eigenvalue weighted by atomic mass is 16.2. The van der Waals surface area contributed by atoms with E-state index in [0.29, 0.717) is 19.5 Å². The molecule has 0 saturated carbocycles. The second-order valence-electron chi connectivity index (χ2n) is 7.30. The Labute approximate surface area is 154 Å². The number of aromatic nitrogens is 1. The number of hydrogen-bond donors (Lipinski definition) is 2. The average molecular weight is 356 g/mol. The Morgan fingerprint density at radius 1 is 1.35 bits per heavy atom. The Morgan fingerprint density at radius 3 is 2.96 bits per heavy atom. The van der Waals surface area contributed by atoms with E-state index >= 15 is 0 Å². The van der Waals surface area contributed by atoms with Crippen LogP contribution in [0.4, 0.5) is 0 Å². The standard InChI is InChI=1S/C20H28N4O2/c1-23(2)10-5-11-24-14-16(12-19(24)25)20(26)21-9-8-15-13-22-18-7-4-3-6-17(15)18/h3-4,6-7,13,16,22H,5,8-12,14H2,1-2H3,(H,21,26). The van der Waals surface area contributed by atoms with Crippen LogP contribution < -0.4 is 5.32 Å². The van der Waals surface area contributed by atoms with E-state index in [0.717, 1.165) is 31.4 Å². The molecule has 1 aliphatic heterocycles. The number of para-hydroxylation sites is 1. The number of amides is 2. The number of benzene rings is 1. The minimum absolute atomic E-state index is 0.00620. The number of likely N-dealkylation sites (tertiary alicyclic amines) is 1. The number of nitrogens with zero attached hydrogens (tertiary/aromatic N) is 2. The normalized spacial score (nSPS) is 17.4. The molecule has 1 aromatic heterocycles. The maximum Gasteiger partial charge on any atom is 0.225 e. The second-order valence-corrected chi connectivity index (χ2v) is 7.30. The smallest absolute Gasteiger partial charge is 0.225 e. The summed E-state index contributed by atoms with van der Waals surface area (Å²) in [7, 11) is 4.05. The van der Waals surface area contributed by atoms with Crippen LogP contribution in [0.15, 0.2) is 30.5 Å². The molecule has 0 aliphatic carbocycles. The van der Waals surface area contributed by atoms with Crippen LogP contribution >= 0.6 is 0 Å². The van der Waals surface area contributed by atoms with Crippen LogP contribution in [0.3, 0.4) is 0 Å². The number of hydrogen-bond acceptors (Lipinski definition) is 3. The van der Waals surface area contributed by atoms with Gasteiger partial charge in [-0.2, -0.15) is 0 Å². The van der Waals surface area contributed by atoms with E-state index in [1.165, 1.54) is 10.9 Å². The summed E-state index contributed by atoms with van der Waals surface area (Å²) in [6.45, 7) is 2.82. The van der Waals surface area contributed by atoms with Gasteiger partial charge in [-0.15, -0.1) is 0 Å². The Bertz CT molecular complexity index is 768. The zero-order valence-electron chi connectivity index (χ0n) is 15.6. The van der Waals surface area contributed by atoms with Gasteiger partial charge in [0.15, 0.2) is 0 Å². The number of aromatic amines is 1. The first kappa shape index (κ1) is 18.5. The van der Waals surface area contributed by atoms with Crippen LogP contribution in [0.5, 0.6) is 0 Å². The molecule has 140 valence electrons. The number of nitrogens with one attached hydrogen (secondary N) is 2. The topological polar surface area (TPSA) is 68.4 Å². The third-order valence-electron chi connectivity index (χ3n) is 4.99. The average Bonchev–Trinajstić information content (AvgIpc) is 3.19. The zero-order chi connectivity index (χ0) is 18.5. The first-order chi connectivity index (χ1) is 12.5. The molecule has 1 saturated heterocycles. The molecule has 26 heavy (non-hydrogen) atoms. The van der Waals surface area contributed by atoms with E-state index in [2.05, 4.69) is 21.3 Å². The van der Waals surface area contributed by atoms with Crippen LogP contribution in [0, 0.1) is 5.92 Å². The van der Waals surface area contributed by atoms with Crippen LogP contribution in [-0.4, -0.2) is 66.9 Å². The maximum absolute atomic E-state index is 12.4. The molecule has 1 atom stereocenters. The third-order valence-corrected chi connectivity index (χ3v) is 4.99. The number of H-pyrrole nitrogens is 1. The molecule has 0 radical (unpaired) electrons. The van der Waals surface area contributed by atoms with Crippen molar-refractivity contribution in [1.82, 2.24) is 20.1 Å². The fourth-order valence-corrected chi connectivity index (χ4v) is 3.54. The fraction of sp³-hybridized carbons (Fsp3) is 0.500. The SMILES string of the molecule is CN(C)CCCN1CC(C(=O)NCCc2c[nH]c3ccccc23)CC1=O. The molecule has 0 spiro atoms. The molecule has 1 aromatic carbocycles. The quantitative estimate of drug-likeness (QED) is 0.755. The molecular weight excluding hydrogens is 328 g/mol. The second kappa shape index (κ2) is 8.36. The van der Waals surface area contributed by atoms with E-state index < -0.39 is 0 Å². The van der Waals surface area contributed by atoms with E-state index in [4.69, 9.17) is 0 Å². The molecule has 6 nitrogen and oxygen atoms in total. The molecule has 1 fully saturated rings. The highest BCUT2D eigenvalue weighted by Gasteiger charge is 2.33. The predicted molar refractivity (Wildman–Crippen MR) is 103 cm³/mol. The lowest BCUT2D eigenvalue weighted by atomic mass is 10.1. The van der Waals surface area contributed by atoms with Crippen molar-refractivity contribution in [3.05, 3.63) is 36.0 Å². The fourth-order valence-electron chi connectivity index (χ4n) is 3.54. The van der Waals surface area contributed by atoms with Gasteiger partial charge in [-0.05, 0) is 45.1 Å². The molecule has 6 heteroatoms. The number of rotatable bonds is 8. The van der Waals surface area contributed by atoms with Gasteiger partial charge in [-0.1, -0.05) is 18.2 Å². The summed E-state index contributed by atoms with van der Waals surface area (Å²) in [5.74, 6) is -0.126. The van der Waals surface area contributed by atoms with Crippen LogP contribution in [-0.2, 0) is 16.0 Å². The van der Waals surface area contributed by atoms with E-state index in [-0.39, 0.29) is 17.7 Å². The Balaban J connectivity index is 1.44. The van der Waals surface area contributed by atoms with Crippen molar-refractivity contribution in [2.45, 2.75) is 19.3 Å². The lowest BCUT2D eigenvalue weighted by Gasteiger charge is -2.18. The zero-order valence-corrected chi connectivity index (χ0v) is 15.6. The first-order valence-electron chi connectivity index (χ1n) is 9.30. The van der Waals surface area contributed by atoms with Crippen molar-refractivity contribution < 1.29 is 9.59 Å². The first-order valence-corrected chi connectivity index (χ1v) is 9.30. The summed E-state index contributed by atoms with van der Waals surface area (Å²) in [5, 5.41) is 4.20. The lowest BCUT2D eigenvalue weighted by molar-refractivity contribution is -0.129. The Morgan fingerprint density at radius 2 is 2.15 bits per heavy atom. The van der Waals surface area contributed by atoms with E-state index in [1.807, 2.05) is 43.4 Å². The molecule has 2 N–H and O–H groups in total. The number of fused-ring (bicyclic) bond motifs is 1. The summed E-state index contributed by atoms with van der Waals surface area (Å²) >= 11 is 0. The molecule has 2 heterocycles. The van der Waals surface area contributed by atoms with Crippen molar-refractivity contribution in [1.29, 1.82) is 0 Å². The molecule has 1 aliphatic rings. The van der Waals surface area contributed by atoms with Gasteiger partial charge in [0.25, 0.3) is 0 Å². The maximum atomic E-state index is 12.4. The number of carbonyl (C=O) groups is 2. The van der Waals surface area contributed by atoms with E-state index in [9.17, 15) is 9.59 Å². The largest absolute Gasteiger partial charge is 0.361 e. The Kier molecular flexibility index (Phi) is 5.93. The molecule has 1 unspecified atom stereocenters. The van der Waals surface area contributed by atoms with Crippen LogP contribution in [0.2, 0.25) is 0 Å². The van der Waals surface area contributed by atoms with Gasteiger partial charge in [0.05, 0.1) is 5.92 Å². The molecule has 0 bridgehead atoms.